The largest absolute Gasteiger partial charge is 0.493 e. The summed E-state index contributed by atoms with van der Waals surface area (Å²) in [6.07, 6.45) is 1.70. The van der Waals surface area contributed by atoms with Crippen LogP contribution in [-0.2, 0) is 4.79 Å². The molecular formula is C25H20N6O3. The fourth-order valence-electron chi connectivity index (χ4n) is 3.43. The molecule has 1 N–H and O–H groups in total. The van der Waals surface area contributed by atoms with E-state index in [-0.39, 0.29) is 12.5 Å². The number of nitrogens with one attached hydrogen (secondary N) is 1. The number of rotatable bonds is 7. The normalized spacial score (nSPS) is 10.7. The molecule has 34 heavy (non-hydrogen) atoms. The second-order valence-corrected chi connectivity index (χ2v) is 7.30. The summed E-state index contributed by atoms with van der Waals surface area (Å²) < 4.78 is 12.5. The number of para-hydroxylation sites is 2. The number of amides is 1. The molecule has 0 aliphatic carbocycles. The lowest BCUT2D eigenvalue weighted by Crippen LogP contribution is -2.20. The number of pyridine rings is 1. The Morgan fingerprint density at radius 1 is 0.912 bits per heavy atom. The standard InChI is InChI=1S/C25H20N6O3/c1-33-21-10-2-3-11-22(21)34-16-24(32)27-18-8-6-7-17(15-18)19-12-13-23-28-29-25(31(23)30-19)20-9-4-5-14-26-20/h2-15H,16H2,1H3,(H,27,32). The van der Waals surface area contributed by atoms with Crippen molar-refractivity contribution >= 4 is 17.2 Å². The zero-order chi connectivity index (χ0) is 23.3. The van der Waals surface area contributed by atoms with Gasteiger partial charge in [-0.3, -0.25) is 9.78 Å². The summed E-state index contributed by atoms with van der Waals surface area (Å²) in [6, 6.07) is 23.9. The fourth-order valence-corrected chi connectivity index (χ4v) is 3.43. The minimum Gasteiger partial charge on any atom is -0.493 e. The first-order chi connectivity index (χ1) is 16.7. The van der Waals surface area contributed by atoms with Crippen molar-refractivity contribution in [3.8, 4) is 34.3 Å². The van der Waals surface area contributed by atoms with Crippen molar-refractivity contribution in [1.82, 2.24) is 24.8 Å². The molecule has 0 aliphatic heterocycles. The topological polar surface area (TPSA) is 104 Å². The van der Waals surface area contributed by atoms with Crippen LogP contribution in [0.5, 0.6) is 11.5 Å². The Morgan fingerprint density at radius 2 is 1.76 bits per heavy atom. The number of benzene rings is 2. The minimum absolute atomic E-state index is 0.150. The third-order valence-electron chi connectivity index (χ3n) is 5.03. The Morgan fingerprint density at radius 3 is 2.59 bits per heavy atom. The monoisotopic (exact) mass is 452 g/mol. The summed E-state index contributed by atoms with van der Waals surface area (Å²) in [5, 5.41) is 16.0. The molecule has 0 bridgehead atoms. The fraction of sp³-hybridized carbons (Fsp3) is 0.0800. The first kappa shape index (κ1) is 21.1. The van der Waals surface area contributed by atoms with E-state index in [1.165, 1.54) is 0 Å². The van der Waals surface area contributed by atoms with E-state index in [1.54, 1.807) is 36.0 Å². The molecule has 168 valence electrons. The number of carbonyl (C=O) groups is 1. The molecule has 3 heterocycles. The number of anilines is 1. The maximum atomic E-state index is 12.5. The van der Waals surface area contributed by atoms with Crippen LogP contribution in [0.15, 0.2) is 85.1 Å². The van der Waals surface area contributed by atoms with Crippen LogP contribution in [0.1, 0.15) is 0 Å². The van der Waals surface area contributed by atoms with Crippen LogP contribution in [0.4, 0.5) is 5.69 Å². The quantitative estimate of drug-likeness (QED) is 0.400. The second kappa shape index (κ2) is 9.37. The Kier molecular flexibility index (Phi) is 5.81. The van der Waals surface area contributed by atoms with Crippen molar-refractivity contribution < 1.29 is 14.3 Å². The van der Waals surface area contributed by atoms with Crippen LogP contribution in [0.2, 0.25) is 0 Å². The van der Waals surface area contributed by atoms with Gasteiger partial charge in [0.05, 0.1) is 12.8 Å². The van der Waals surface area contributed by atoms with Crippen molar-refractivity contribution in [3.63, 3.8) is 0 Å². The van der Waals surface area contributed by atoms with Crippen LogP contribution in [0, 0.1) is 0 Å². The van der Waals surface area contributed by atoms with Gasteiger partial charge in [0.25, 0.3) is 5.91 Å². The summed E-state index contributed by atoms with van der Waals surface area (Å²) in [5.41, 5.74) is 3.44. The molecule has 0 radical (unpaired) electrons. The molecular weight excluding hydrogens is 432 g/mol. The van der Waals surface area contributed by atoms with Gasteiger partial charge in [-0.25, -0.2) is 0 Å². The number of aromatic nitrogens is 5. The Balaban J connectivity index is 1.34. The van der Waals surface area contributed by atoms with E-state index >= 15 is 0 Å². The molecule has 0 unspecified atom stereocenters. The van der Waals surface area contributed by atoms with E-state index in [0.29, 0.717) is 40.0 Å². The lowest BCUT2D eigenvalue weighted by atomic mass is 10.1. The van der Waals surface area contributed by atoms with E-state index in [0.717, 1.165) is 5.56 Å². The van der Waals surface area contributed by atoms with Gasteiger partial charge in [-0.2, -0.15) is 9.61 Å². The highest BCUT2D eigenvalue weighted by atomic mass is 16.5. The molecule has 0 saturated carbocycles. The number of nitrogens with zero attached hydrogens (tertiary/aromatic N) is 5. The first-order valence-corrected chi connectivity index (χ1v) is 10.5. The highest BCUT2D eigenvalue weighted by Crippen LogP contribution is 2.26. The number of carbonyl (C=O) groups excluding carboxylic acids is 1. The SMILES string of the molecule is COc1ccccc1OCC(=O)Nc1cccc(-c2ccc3nnc(-c4ccccn4)n3n2)c1. The maximum Gasteiger partial charge on any atom is 0.262 e. The van der Waals surface area contributed by atoms with Crippen molar-refractivity contribution in [2.45, 2.75) is 0 Å². The minimum atomic E-state index is -0.289. The average molecular weight is 452 g/mol. The Labute approximate surface area is 195 Å². The number of methoxy groups -OCH3 is 1. The van der Waals surface area contributed by atoms with Gasteiger partial charge >= 0.3 is 0 Å². The molecule has 5 rings (SSSR count). The molecule has 9 nitrogen and oxygen atoms in total. The average Bonchev–Trinajstić information content (AvgIpc) is 3.31. The van der Waals surface area contributed by atoms with E-state index < -0.39 is 0 Å². The Hall–Kier alpha value is -4.79. The summed E-state index contributed by atoms with van der Waals surface area (Å²) in [4.78, 5) is 16.8. The van der Waals surface area contributed by atoms with Gasteiger partial charge in [-0.05, 0) is 48.5 Å². The first-order valence-electron chi connectivity index (χ1n) is 10.5. The van der Waals surface area contributed by atoms with Crippen molar-refractivity contribution in [2.75, 3.05) is 19.0 Å². The van der Waals surface area contributed by atoms with Crippen LogP contribution >= 0.6 is 0 Å². The van der Waals surface area contributed by atoms with Crippen LogP contribution in [-0.4, -0.2) is 44.4 Å². The van der Waals surface area contributed by atoms with Crippen molar-refractivity contribution in [3.05, 3.63) is 85.1 Å². The van der Waals surface area contributed by atoms with Crippen molar-refractivity contribution in [2.24, 2.45) is 0 Å². The molecule has 0 atom stereocenters. The zero-order valence-corrected chi connectivity index (χ0v) is 18.3. The molecule has 9 heteroatoms. The van der Waals surface area contributed by atoms with Crippen LogP contribution < -0.4 is 14.8 Å². The summed E-state index contributed by atoms with van der Waals surface area (Å²) >= 11 is 0. The molecule has 0 saturated heterocycles. The number of ether oxygens (including phenoxy) is 2. The number of hydrogen-bond donors (Lipinski definition) is 1. The van der Waals surface area contributed by atoms with E-state index in [2.05, 4.69) is 20.5 Å². The lowest BCUT2D eigenvalue weighted by molar-refractivity contribution is -0.118. The molecule has 2 aromatic carbocycles. The van der Waals surface area contributed by atoms with Crippen molar-refractivity contribution in [1.29, 1.82) is 0 Å². The van der Waals surface area contributed by atoms with Crippen LogP contribution in [0.25, 0.3) is 28.4 Å². The summed E-state index contributed by atoms with van der Waals surface area (Å²) in [5.74, 6) is 1.33. The van der Waals surface area contributed by atoms with Gasteiger partial charge in [0.15, 0.2) is 23.8 Å². The summed E-state index contributed by atoms with van der Waals surface area (Å²) in [7, 11) is 1.55. The maximum absolute atomic E-state index is 12.5. The van der Waals surface area contributed by atoms with E-state index in [9.17, 15) is 4.79 Å². The highest BCUT2D eigenvalue weighted by molar-refractivity contribution is 5.92. The molecule has 1 amide bonds. The molecule has 3 aromatic heterocycles. The van der Waals surface area contributed by atoms with Gasteiger partial charge < -0.3 is 14.8 Å². The van der Waals surface area contributed by atoms with Gasteiger partial charge in [-0.1, -0.05) is 30.3 Å². The van der Waals surface area contributed by atoms with E-state index in [4.69, 9.17) is 14.6 Å². The smallest absolute Gasteiger partial charge is 0.262 e. The van der Waals surface area contributed by atoms with Gasteiger partial charge in [0.2, 0.25) is 5.82 Å². The molecule has 0 spiro atoms. The van der Waals surface area contributed by atoms with Gasteiger partial charge in [0.1, 0.15) is 5.69 Å². The predicted molar refractivity (Wildman–Crippen MR) is 127 cm³/mol. The second-order valence-electron chi connectivity index (χ2n) is 7.30. The highest BCUT2D eigenvalue weighted by Gasteiger charge is 2.12. The third kappa shape index (κ3) is 4.40. The summed E-state index contributed by atoms with van der Waals surface area (Å²) in [6.45, 7) is -0.150. The van der Waals surface area contributed by atoms with Crippen LogP contribution in [0.3, 0.4) is 0 Å². The molecule has 0 aliphatic rings. The predicted octanol–water partition coefficient (Wildman–Crippen LogP) is 3.88. The van der Waals surface area contributed by atoms with E-state index in [1.807, 2.05) is 60.7 Å². The number of hydrogen-bond acceptors (Lipinski definition) is 7. The number of fused-ring (bicyclic) bond motifs is 1. The molecule has 0 fully saturated rings. The lowest BCUT2D eigenvalue weighted by Gasteiger charge is -2.11. The van der Waals surface area contributed by atoms with Gasteiger partial charge in [0, 0.05) is 17.4 Å². The Bertz CT molecular complexity index is 1450. The molecule has 5 aromatic rings. The zero-order valence-electron chi connectivity index (χ0n) is 18.3. The van der Waals surface area contributed by atoms with Gasteiger partial charge in [-0.15, -0.1) is 10.2 Å². The third-order valence-corrected chi connectivity index (χ3v) is 5.03.